The van der Waals surface area contributed by atoms with E-state index in [4.69, 9.17) is 9.47 Å². The number of hydrogen-bond donors (Lipinski definition) is 0. The van der Waals surface area contributed by atoms with Crippen molar-refractivity contribution in [3.8, 4) is 17.4 Å². The van der Waals surface area contributed by atoms with Crippen molar-refractivity contribution in [3.63, 3.8) is 0 Å². The minimum Gasteiger partial charge on any atom is -0.473 e. The molecule has 0 radical (unpaired) electrons. The normalized spacial score (nSPS) is 18.8. The fraction of sp³-hybridized carbons (Fsp3) is 0.400. The van der Waals surface area contributed by atoms with Gasteiger partial charge in [0.1, 0.15) is 23.9 Å². The highest BCUT2D eigenvalue weighted by Gasteiger charge is 2.49. The standard InChI is InChI=1S/C25H22F4N4O3/c26-18-8-14(13-35-21-11-22-32-7-1-2-16(32)12-33(22)24(34)31-21)9-19(27)23(18)36-17-5-6-30-20(10-17)25(28,29)15-3-4-15/h5-6,8-11,15-16H,1-4,7,12-13H2/t16-/m1/s1. The van der Waals surface area contributed by atoms with Crippen LogP contribution in [0, 0.1) is 17.6 Å². The van der Waals surface area contributed by atoms with Crippen molar-refractivity contribution in [1.29, 1.82) is 0 Å². The minimum absolute atomic E-state index is 0.0702. The Balaban J connectivity index is 1.17. The summed E-state index contributed by atoms with van der Waals surface area (Å²) in [5.41, 5.74) is -0.775. The lowest BCUT2D eigenvalue weighted by Gasteiger charge is -2.17. The molecule has 3 aliphatic rings. The van der Waals surface area contributed by atoms with Crippen LogP contribution in [0.4, 0.5) is 23.4 Å². The summed E-state index contributed by atoms with van der Waals surface area (Å²) in [5.74, 6) is -6.02. The van der Waals surface area contributed by atoms with Gasteiger partial charge in [-0.15, -0.1) is 0 Å². The third-order valence-electron chi connectivity index (χ3n) is 6.86. The molecule has 36 heavy (non-hydrogen) atoms. The predicted molar refractivity (Wildman–Crippen MR) is 120 cm³/mol. The molecule has 0 amide bonds. The monoisotopic (exact) mass is 502 g/mol. The number of benzene rings is 1. The van der Waals surface area contributed by atoms with Crippen molar-refractivity contribution >= 4 is 5.82 Å². The Morgan fingerprint density at radius 1 is 1.08 bits per heavy atom. The molecule has 1 aliphatic carbocycles. The van der Waals surface area contributed by atoms with E-state index in [9.17, 15) is 22.4 Å². The second kappa shape index (κ2) is 8.49. The number of ether oxygens (including phenoxy) is 2. The Morgan fingerprint density at radius 2 is 1.86 bits per heavy atom. The molecule has 1 saturated heterocycles. The van der Waals surface area contributed by atoms with Gasteiger partial charge in [-0.3, -0.25) is 9.55 Å². The van der Waals surface area contributed by atoms with Crippen LogP contribution < -0.4 is 20.1 Å². The SMILES string of the molecule is O=c1nc(OCc2cc(F)c(Oc3ccnc(C(F)(F)C4CC4)c3)c(F)c2)cc2n1C[C@H]1CCCN21. The van der Waals surface area contributed by atoms with Gasteiger partial charge in [0.2, 0.25) is 5.88 Å². The van der Waals surface area contributed by atoms with E-state index >= 15 is 0 Å². The van der Waals surface area contributed by atoms with Crippen LogP contribution in [-0.4, -0.2) is 27.1 Å². The first-order chi connectivity index (χ1) is 17.3. The predicted octanol–water partition coefficient (Wildman–Crippen LogP) is 4.77. The van der Waals surface area contributed by atoms with Gasteiger partial charge in [0.25, 0.3) is 5.92 Å². The summed E-state index contributed by atoms with van der Waals surface area (Å²) in [7, 11) is 0. The maximum absolute atomic E-state index is 14.7. The molecular formula is C25H22F4N4O3. The number of aromatic nitrogens is 3. The summed E-state index contributed by atoms with van der Waals surface area (Å²) >= 11 is 0. The van der Waals surface area contributed by atoms with E-state index < -0.39 is 40.6 Å². The number of alkyl halides is 2. The molecule has 0 spiro atoms. The van der Waals surface area contributed by atoms with E-state index in [-0.39, 0.29) is 29.8 Å². The molecule has 2 aromatic heterocycles. The summed E-state index contributed by atoms with van der Waals surface area (Å²) in [6.07, 6.45) is 3.99. The third-order valence-corrected chi connectivity index (χ3v) is 6.86. The van der Waals surface area contributed by atoms with Crippen LogP contribution in [0.15, 0.2) is 41.3 Å². The highest BCUT2D eigenvalue weighted by atomic mass is 19.3. The van der Waals surface area contributed by atoms with E-state index in [1.807, 2.05) is 0 Å². The lowest BCUT2D eigenvalue weighted by molar-refractivity contribution is -0.0330. The Morgan fingerprint density at radius 3 is 2.61 bits per heavy atom. The van der Waals surface area contributed by atoms with E-state index in [1.165, 1.54) is 6.07 Å². The fourth-order valence-electron chi connectivity index (χ4n) is 4.87. The molecule has 0 bridgehead atoms. The average Bonchev–Trinajstić information content (AvgIpc) is 3.52. The van der Waals surface area contributed by atoms with Gasteiger partial charge in [-0.05, 0) is 49.4 Å². The lowest BCUT2D eigenvalue weighted by atomic mass is 10.1. The van der Waals surface area contributed by atoms with Crippen LogP contribution >= 0.6 is 0 Å². The lowest BCUT2D eigenvalue weighted by Crippen LogP contribution is -2.24. The van der Waals surface area contributed by atoms with Gasteiger partial charge in [-0.2, -0.15) is 13.8 Å². The topological polar surface area (TPSA) is 69.5 Å². The van der Waals surface area contributed by atoms with Gasteiger partial charge in [0.15, 0.2) is 17.4 Å². The molecule has 1 atom stereocenters. The number of rotatable bonds is 7. The molecular weight excluding hydrogens is 480 g/mol. The van der Waals surface area contributed by atoms with Crippen LogP contribution in [0.5, 0.6) is 17.4 Å². The Kier molecular flexibility index (Phi) is 5.38. The van der Waals surface area contributed by atoms with Crippen LogP contribution in [0.25, 0.3) is 0 Å². The van der Waals surface area contributed by atoms with Gasteiger partial charge < -0.3 is 14.4 Å². The molecule has 0 unspecified atom stereocenters. The number of hydrogen-bond acceptors (Lipinski definition) is 6. The highest BCUT2D eigenvalue weighted by Crippen LogP contribution is 2.49. The summed E-state index contributed by atoms with van der Waals surface area (Å²) in [4.78, 5) is 22.2. The van der Waals surface area contributed by atoms with E-state index in [1.54, 1.807) is 10.6 Å². The summed E-state index contributed by atoms with van der Waals surface area (Å²) in [6, 6.07) is 6.24. The molecule has 4 heterocycles. The van der Waals surface area contributed by atoms with Crippen LogP contribution in [0.1, 0.15) is 36.9 Å². The number of anilines is 1. The van der Waals surface area contributed by atoms with Crippen molar-refractivity contribution in [2.24, 2.45) is 5.92 Å². The third kappa shape index (κ3) is 4.06. The Labute approximate surface area is 203 Å². The van der Waals surface area contributed by atoms with Crippen LogP contribution in [-0.2, 0) is 19.1 Å². The number of fused-ring (bicyclic) bond motifs is 3. The minimum atomic E-state index is -3.12. The van der Waals surface area contributed by atoms with Gasteiger partial charge in [0.05, 0.1) is 0 Å². The van der Waals surface area contributed by atoms with Gasteiger partial charge >= 0.3 is 5.69 Å². The quantitative estimate of drug-likeness (QED) is 0.434. The maximum atomic E-state index is 14.7. The number of halogens is 4. The van der Waals surface area contributed by atoms with E-state index in [0.29, 0.717) is 19.4 Å². The molecule has 7 nitrogen and oxygen atoms in total. The Hall–Kier alpha value is -3.63. The molecule has 11 heteroatoms. The summed E-state index contributed by atoms with van der Waals surface area (Å²) in [6.45, 7) is 1.21. The second-order valence-electron chi connectivity index (χ2n) is 9.39. The molecule has 188 valence electrons. The van der Waals surface area contributed by atoms with Crippen molar-refractivity contribution in [2.45, 2.75) is 50.8 Å². The zero-order chi connectivity index (χ0) is 25.0. The first kappa shape index (κ1) is 22.8. The van der Waals surface area contributed by atoms with Gasteiger partial charge in [-0.25, -0.2) is 13.6 Å². The van der Waals surface area contributed by atoms with Crippen molar-refractivity contribution in [2.75, 3.05) is 11.4 Å². The molecule has 2 aliphatic heterocycles. The molecule has 3 aromatic rings. The van der Waals surface area contributed by atoms with E-state index in [0.717, 1.165) is 49.6 Å². The Bertz CT molecular complexity index is 1370. The van der Waals surface area contributed by atoms with Gasteiger partial charge in [0, 0.05) is 43.4 Å². The largest absolute Gasteiger partial charge is 0.473 e. The molecule has 1 saturated carbocycles. The smallest absolute Gasteiger partial charge is 0.352 e. The van der Waals surface area contributed by atoms with Gasteiger partial charge in [-0.1, -0.05) is 0 Å². The number of nitrogens with zero attached hydrogens (tertiary/aromatic N) is 4. The zero-order valence-electron chi connectivity index (χ0n) is 19.1. The molecule has 0 N–H and O–H groups in total. The first-order valence-electron chi connectivity index (χ1n) is 11.8. The average molecular weight is 502 g/mol. The molecule has 1 aromatic carbocycles. The van der Waals surface area contributed by atoms with E-state index in [2.05, 4.69) is 14.9 Å². The molecule has 6 rings (SSSR count). The number of pyridine rings is 1. The molecule has 2 fully saturated rings. The highest BCUT2D eigenvalue weighted by molar-refractivity contribution is 5.48. The maximum Gasteiger partial charge on any atom is 0.352 e. The fourth-order valence-corrected chi connectivity index (χ4v) is 4.87. The van der Waals surface area contributed by atoms with Crippen molar-refractivity contribution in [3.05, 3.63) is 69.9 Å². The second-order valence-corrected chi connectivity index (χ2v) is 9.39. The summed E-state index contributed by atoms with van der Waals surface area (Å²) < 4.78 is 70.6. The summed E-state index contributed by atoms with van der Waals surface area (Å²) in [5, 5.41) is 0. The van der Waals surface area contributed by atoms with Crippen molar-refractivity contribution in [1.82, 2.24) is 14.5 Å². The van der Waals surface area contributed by atoms with Crippen LogP contribution in [0.2, 0.25) is 0 Å². The zero-order valence-corrected chi connectivity index (χ0v) is 19.1. The van der Waals surface area contributed by atoms with Crippen molar-refractivity contribution < 1.29 is 27.0 Å². The van der Waals surface area contributed by atoms with Crippen LogP contribution in [0.3, 0.4) is 0 Å². The first-order valence-corrected chi connectivity index (χ1v) is 11.8.